The lowest BCUT2D eigenvalue weighted by Crippen LogP contribution is -2.29. The summed E-state index contributed by atoms with van der Waals surface area (Å²) in [7, 11) is 0. The number of nitrogens with zero attached hydrogens (tertiary/aromatic N) is 1. The molecule has 6 heteroatoms. The van der Waals surface area contributed by atoms with Gasteiger partial charge in [-0.3, -0.25) is 0 Å². The predicted octanol–water partition coefficient (Wildman–Crippen LogP) is 2.17. The van der Waals surface area contributed by atoms with Gasteiger partial charge in [-0.05, 0) is 26.0 Å². The fourth-order valence-corrected chi connectivity index (χ4v) is 2.49. The molecule has 104 valence electrons. The minimum Gasteiger partial charge on any atom is -0.342 e. The summed E-state index contributed by atoms with van der Waals surface area (Å²) in [6, 6.07) is 3.49. The second-order valence-electron chi connectivity index (χ2n) is 4.84. The van der Waals surface area contributed by atoms with Gasteiger partial charge < -0.3 is 18.9 Å². The first-order valence-electron chi connectivity index (χ1n) is 6.26. The van der Waals surface area contributed by atoms with Crippen molar-refractivity contribution in [3.63, 3.8) is 0 Å². The highest BCUT2D eigenvalue weighted by molar-refractivity contribution is 6.30. The van der Waals surface area contributed by atoms with E-state index in [1.807, 2.05) is 13.8 Å². The van der Waals surface area contributed by atoms with E-state index >= 15 is 0 Å². The Bertz CT molecular complexity index is 441. The molecule has 19 heavy (non-hydrogen) atoms. The molecule has 3 heterocycles. The Morgan fingerprint density at radius 3 is 1.63 bits per heavy atom. The van der Waals surface area contributed by atoms with Gasteiger partial charge in [0.1, 0.15) is 11.4 Å². The van der Waals surface area contributed by atoms with Crippen molar-refractivity contribution in [1.29, 1.82) is 0 Å². The van der Waals surface area contributed by atoms with Crippen LogP contribution in [0.1, 0.15) is 25.2 Å². The molecular formula is C13H16ClNO4. The van der Waals surface area contributed by atoms with E-state index in [4.69, 9.17) is 30.5 Å². The maximum absolute atomic E-state index is 6.17. The van der Waals surface area contributed by atoms with Crippen molar-refractivity contribution in [2.75, 3.05) is 26.4 Å². The molecular weight excluding hydrogens is 270 g/mol. The molecule has 0 aliphatic carbocycles. The van der Waals surface area contributed by atoms with E-state index in [2.05, 4.69) is 4.98 Å². The molecule has 0 amide bonds. The molecule has 0 atom stereocenters. The number of halogens is 1. The van der Waals surface area contributed by atoms with Crippen LogP contribution < -0.4 is 0 Å². The molecule has 2 aliphatic heterocycles. The zero-order chi connectivity index (χ0) is 13.5. The van der Waals surface area contributed by atoms with Crippen LogP contribution in [-0.2, 0) is 30.5 Å². The Kier molecular flexibility index (Phi) is 3.27. The topological polar surface area (TPSA) is 49.8 Å². The summed E-state index contributed by atoms with van der Waals surface area (Å²) in [6.45, 7) is 5.85. The summed E-state index contributed by atoms with van der Waals surface area (Å²) < 4.78 is 22.4. The molecule has 0 bridgehead atoms. The highest BCUT2D eigenvalue weighted by Crippen LogP contribution is 2.35. The van der Waals surface area contributed by atoms with Gasteiger partial charge in [-0.15, -0.1) is 0 Å². The third-order valence-corrected chi connectivity index (χ3v) is 3.62. The van der Waals surface area contributed by atoms with Crippen molar-refractivity contribution >= 4 is 11.6 Å². The number of rotatable bonds is 2. The molecule has 0 spiro atoms. The summed E-state index contributed by atoms with van der Waals surface area (Å²) in [6.07, 6.45) is 0. The van der Waals surface area contributed by atoms with Gasteiger partial charge in [-0.2, -0.15) is 0 Å². The molecule has 2 aliphatic rings. The highest BCUT2D eigenvalue weighted by atomic mass is 35.5. The molecule has 0 unspecified atom stereocenters. The van der Waals surface area contributed by atoms with Crippen molar-refractivity contribution in [2.24, 2.45) is 0 Å². The summed E-state index contributed by atoms with van der Waals surface area (Å²) in [5.74, 6) is -1.71. The summed E-state index contributed by atoms with van der Waals surface area (Å²) >= 11 is 6.17. The molecule has 0 aromatic carbocycles. The SMILES string of the molecule is CC1(c2cc(Cl)cc(C3(C)OCCO3)n2)OCCO1. The van der Waals surface area contributed by atoms with Crippen LogP contribution in [0, 0.1) is 0 Å². The number of pyridine rings is 1. The maximum atomic E-state index is 6.17. The average Bonchev–Trinajstić information content (AvgIpc) is 2.99. The van der Waals surface area contributed by atoms with E-state index < -0.39 is 11.6 Å². The fraction of sp³-hybridized carbons (Fsp3) is 0.615. The van der Waals surface area contributed by atoms with Gasteiger partial charge >= 0.3 is 0 Å². The van der Waals surface area contributed by atoms with Crippen molar-refractivity contribution in [3.8, 4) is 0 Å². The Hall–Kier alpha value is -0.720. The van der Waals surface area contributed by atoms with Crippen molar-refractivity contribution in [1.82, 2.24) is 4.98 Å². The summed E-state index contributed by atoms with van der Waals surface area (Å²) in [5, 5.41) is 0.556. The first-order chi connectivity index (χ1) is 9.02. The van der Waals surface area contributed by atoms with Crippen LogP contribution >= 0.6 is 11.6 Å². The second kappa shape index (κ2) is 4.68. The van der Waals surface area contributed by atoms with Gasteiger partial charge in [-0.25, -0.2) is 4.98 Å². The number of hydrogen-bond donors (Lipinski definition) is 0. The van der Waals surface area contributed by atoms with Crippen LogP contribution in [0.3, 0.4) is 0 Å². The van der Waals surface area contributed by atoms with Gasteiger partial charge in [0, 0.05) is 5.02 Å². The summed E-state index contributed by atoms with van der Waals surface area (Å²) in [5.41, 5.74) is 1.26. The average molecular weight is 286 g/mol. The van der Waals surface area contributed by atoms with E-state index in [0.717, 1.165) is 0 Å². The van der Waals surface area contributed by atoms with Crippen molar-refractivity contribution in [2.45, 2.75) is 25.4 Å². The van der Waals surface area contributed by atoms with Crippen LogP contribution in [0.5, 0.6) is 0 Å². The molecule has 1 aromatic rings. The molecule has 0 N–H and O–H groups in total. The van der Waals surface area contributed by atoms with Crippen LogP contribution in [0.25, 0.3) is 0 Å². The maximum Gasteiger partial charge on any atom is 0.209 e. The molecule has 2 fully saturated rings. The van der Waals surface area contributed by atoms with Crippen LogP contribution in [0.4, 0.5) is 0 Å². The first kappa shape index (κ1) is 13.3. The standard InChI is InChI=1S/C13H16ClNO4/c1-12(16-3-4-17-12)10-7-9(14)8-11(15-10)13(2)18-5-6-19-13/h7-8H,3-6H2,1-2H3. The van der Waals surface area contributed by atoms with E-state index in [1.54, 1.807) is 12.1 Å². The smallest absolute Gasteiger partial charge is 0.209 e. The molecule has 0 radical (unpaired) electrons. The van der Waals surface area contributed by atoms with E-state index in [9.17, 15) is 0 Å². The van der Waals surface area contributed by atoms with Crippen LogP contribution in [0.15, 0.2) is 12.1 Å². The quantitative estimate of drug-likeness (QED) is 0.833. The summed E-state index contributed by atoms with van der Waals surface area (Å²) in [4.78, 5) is 4.56. The number of aromatic nitrogens is 1. The van der Waals surface area contributed by atoms with Crippen LogP contribution in [-0.4, -0.2) is 31.4 Å². The molecule has 2 saturated heterocycles. The lowest BCUT2D eigenvalue weighted by molar-refractivity contribution is -0.160. The normalized spacial score (nSPS) is 24.8. The zero-order valence-corrected chi connectivity index (χ0v) is 11.7. The largest absolute Gasteiger partial charge is 0.342 e. The lowest BCUT2D eigenvalue weighted by Gasteiger charge is -2.26. The van der Waals surface area contributed by atoms with Gasteiger partial charge in [0.05, 0.1) is 26.4 Å². The molecule has 0 saturated carbocycles. The van der Waals surface area contributed by atoms with Crippen LogP contribution in [0.2, 0.25) is 5.02 Å². The van der Waals surface area contributed by atoms with E-state index in [-0.39, 0.29) is 0 Å². The Morgan fingerprint density at radius 1 is 0.895 bits per heavy atom. The van der Waals surface area contributed by atoms with Gasteiger partial charge in [0.2, 0.25) is 11.6 Å². The number of hydrogen-bond acceptors (Lipinski definition) is 5. The first-order valence-corrected chi connectivity index (χ1v) is 6.64. The monoisotopic (exact) mass is 285 g/mol. The van der Waals surface area contributed by atoms with E-state index in [0.29, 0.717) is 42.8 Å². The Labute approximate surface area is 116 Å². The molecule has 3 rings (SSSR count). The molecule has 1 aromatic heterocycles. The Morgan fingerprint density at radius 2 is 1.26 bits per heavy atom. The van der Waals surface area contributed by atoms with Crippen molar-refractivity contribution < 1.29 is 18.9 Å². The number of ether oxygens (including phenoxy) is 4. The third kappa shape index (κ3) is 2.37. The third-order valence-electron chi connectivity index (χ3n) is 3.40. The minimum absolute atomic E-state index is 0.546. The highest BCUT2D eigenvalue weighted by Gasteiger charge is 2.39. The Balaban J connectivity index is 2.01. The zero-order valence-electron chi connectivity index (χ0n) is 10.9. The fourth-order valence-electron chi connectivity index (χ4n) is 2.29. The van der Waals surface area contributed by atoms with E-state index in [1.165, 1.54) is 0 Å². The van der Waals surface area contributed by atoms with Gasteiger partial charge in [-0.1, -0.05) is 11.6 Å². The molecule has 5 nitrogen and oxygen atoms in total. The second-order valence-corrected chi connectivity index (χ2v) is 5.28. The van der Waals surface area contributed by atoms with Gasteiger partial charge in [0.15, 0.2) is 0 Å². The minimum atomic E-state index is -0.853. The van der Waals surface area contributed by atoms with Gasteiger partial charge in [0.25, 0.3) is 0 Å². The van der Waals surface area contributed by atoms with Crippen molar-refractivity contribution in [3.05, 3.63) is 28.5 Å². The lowest BCUT2D eigenvalue weighted by atomic mass is 10.1. The predicted molar refractivity (Wildman–Crippen MR) is 67.8 cm³/mol.